The predicted molar refractivity (Wildman–Crippen MR) is 54.7 cm³/mol. The van der Waals surface area contributed by atoms with E-state index in [1.807, 2.05) is 6.92 Å². The second-order valence-electron chi connectivity index (χ2n) is 2.59. The number of rotatable bonds is 6. The van der Waals surface area contributed by atoms with Gasteiger partial charge in [0.1, 0.15) is 0 Å². The lowest BCUT2D eigenvalue weighted by atomic mass is 10.5. The first-order chi connectivity index (χ1) is 6.33. The lowest BCUT2D eigenvalue weighted by molar-refractivity contribution is 0.135. The van der Waals surface area contributed by atoms with Crippen molar-refractivity contribution in [2.45, 2.75) is 40.0 Å². The zero-order valence-corrected chi connectivity index (χ0v) is 9.01. The second-order valence-corrected chi connectivity index (χ2v) is 2.59. The molecule has 0 aliphatic carbocycles. The molecule has 0 fully saturated rings. The molecule has 0 amide bonds. The van der Waals surface area contributed by atoms with Crippen LogP contribution in [0.5, 0.6) is 0 Å². The van der Waals surface area contributed by atoms with Crippen molar-refractivity contribution in [2.75, 3.05) is 19.8 Å². The second kappa shape index (κ2) is 17.4. The van der Waals surface area contributed by atoms with Crippen LogP contribution in [0.4, 0.5) is 0 Å². The molecule has 0 saturated carbocycles. The maximum absolute atomic E-state index is 9.27. The van der Waals surface area contributed by atoms with E-state index in [0.717, 1.165) is 32.5 Å². The van der Waals surface area contributed by atoms with E-state index in [0.29, 0.717) is 6.54 Å². The summed E-state index contributed by atoms with van der Waals surface area (Å²) >= 11 is 0. The summed E-state index contributed by atoms with van der Waals surface area (Å²) in [5, 5.41) is 0. The first kappa shape index (κ1) is 14.8. The highest BCUT2D eigenvalue weighted by Gasteiger charge is 1.77. The zero-order valence-electron chi connectivity index (χ0n) is 9.01. The highest BCUT2D eigenvalue weighted by molar-refractivity contribution is 5.32. The van der Waals surface area contributed by atoms with E-state index in [4.69, 9.17) is 4.74 Å². The van der Waals surface area contributed by atoms with Gasteiger partial charge in [-0.2, -0.15) is 0 Å². The molecule has 3 heteroatoms. The number of aliphatic imine (C=N–C) groups is 1. The third kappa shape index (κ3) is 24.6. The van der Waals surface area contributed by atoms with Crippen molar-refractivity contribution in [3.05, 3.63) is 0 Å². The monoisotopic (exact) mass is 187 g/mol. The Labute approximate surface area is 81.2 Å². The molecule has 3 nitrogen and oxygen atoms in total. The van der Waals surface area contributed by atoms with Crippen LogP contribution in [0.25, 0.3) is 0 Å². The first-order valence-electron chi connectivity index (χ1n) is 4.94. The molecule has 0 aliphatic rings. The summed E-state index contributed by atoms with van der Waals surface area (Å²) < 4.78 is 5.13. The number of nitrogens with zero attached hydrogens (tertiary/aromatic N) is 1. The maximum Gasteiger partial charge on any atom is 0.234 e. The SMILES string of the molecule is CCCN=C=O.CCCOCCC. The number of isocyanates is 1. The van der Waals surface area contributed by atoms with Gasteiger partial charge in [-0.3, -0.25) is 0 Å². The normalized spacial score (nSPS) is 8.23. The topological polar surface area (TPSA) is 38.7 Å². The fraction of sp³-hybridized carbons (Fsp3) is 0.900. The van der Waals surface area contributed by atoms with Crippen molar-refractivity contribution in [1.82, 2.24) is 0 Å². The molecule has 0 radical (unpaired) electrons. The minimum absolute atomic E-state index is 0.615. The number of hydrogen-bond acceptors (Lipinski definition) is 3. The van der Waals surface area contributed by atoms with Crippen molar-refractivity contribution < 1.29 is 9.53 Å². The molecule has 0 aromatic heterocycles. The Morgan fingerprint density at radius 3 is 1.85 bits per heavy atom. The molecule has 13 heavy (non-hydrogen) atoms. The molecule has 0 aliphatic heterocycles. The van der Waals surface area contributed by atoms with Crippen LogP contribution in [-0.4, -0.2) is 25.8 Å². The average molecular weight is 187 g/mol. The van der Waals surface area contributed by atoms with Crippen molar-refractivity contribution in [3.8, 4) is 0 Å². The summed E-state index contributed by atoms with van der Waals surface area (Å²) in [5.41, 5.74) is 0. The molecule has 0 rings (SSSR count). The van der Waals surface area contributed by atoms with Crippen molar-refractivity contribution >= 4 is 6.08 Å². The van der Waals surface area contributed by atoms with Gasteiger partial charge in [-0.25, -0.2) is 9.79 Å². The molecule has 0 N–H and O–H groups in total. The highest BCUT2D eigenvalue weighted by Crippen LogP contribution is 1.81. The van der Waals surface area contributed by atoms with Crippen LogP contribution in [0.2, 0.25) is 0 Å². The van der Waals surface area contributed by atoms with Crippen LogP contribution in [0, 0.1) is 0 Å². The average Bonchev–Trinajstić information content (AvgIpc) is 2.17. The molecule has 0 spiro atoms. The minimum Gasteiger partial charge on any atom is -0.381 e. The standard InChI is InChI=1S/C6H14O.C4H7NO/c1-3-5-7-6-4-2;1-2-3-5-4-6/h3-6H2,1-2H3;2-3H2,1H3. The van der Waals surface area contributed by atoms with E-state index in [1.54, 1.807) is 0 Å². The van der Waals surface area contributed by atoms with Gasteiger partial charge in [0.25, 0.3) is 0 Å². The summed E-state index contributed by atoms with van der Waals surface area (Å²) in [6.45, 7) is 8.66. The van der Waals surface area contributed by atoms with Gasteiger partial charge in [-0.1, -0.05) is 20.8 Å². The minimum atomic E-state index is 0.615. The van der Waals surface area contributed by atoms with Crippen LogP contribution in [0.1, 0.15) is 40.0 Å². The van der Waals surface area contributed by atoms with Crippen LogP contribution in [0.15, 0.2) is 4.99 Å². The number of carbonyl (C=O) groups excluding carboxylic acids is 1. The Hall–Kier alpha value is -0.660. The summed E-state index contributed by atoms with van der Waals surface area (Å²) in [6, 6.07) is 0. The Balaban J connectivity index is 0. The Kier molecular flexibility index (Phi) is 19.9. The van der Waals surface area contributed by atoms with Crippen LogP contribution in [-0.2, 0) is 9.53 Å². The van der Waals surface area contributed by atoms with E-state index in [-0.39, 0.29) is 0 Å². The van der Waals surface area contributed by atoms with Crippen LogP contribution in [0.3, 0.4) is 0 Å². The molecule has 0 atom stereocenters. The third-order valence-corrected chi connectivity index (χ3v) is 1.10. The van der Waals surface area contributed by atoms with Gasteiger partial charge in [0.2, 0.25) is 6.08 Å². The molecular formula is C10H21NO2. The molecule has 0 heterocycles. The van der Waals surface area contributed by atoms with Gasteiger partial charge < -0.3 is 4.74 Å². The number of hydrogen-bond donors (Lipinski definition) is 0. The molecule has 0 saturated heterocycles. The number of ether oxygens (including phenoxy) is 1. The van der Waals surface area contributed by atoms with Gasteiger partial charge in [0.15, 0.2) is 0 Å². The Morgan fingerprint density at radius 1 is 1.08 bits per heavy atom. The Bertz CT molecular complexity index is 116. The summed E-state index contributed by atoms with van der Waals surface area (Å²) in [5.74, 6) is 0. The Morgan fingerprint density at radius 2 is 1.62 bits per heavy atom. The highest BCUT2D eigenvalue weighted by atomic mass is 16.5. The van der Waals surface area contributed by atoms with E-state index in [9.17, 15) is 4.79 Å². The van der Waals surface area contributed by atoms with E-state index < -0.39 is 0 Å². The van der Waals surface area contributed by atoms with Gasteiger partial charge in [-0.15, -0.1) is 0 Å². The van der Waals surface area contributed by atoms with Crippen molar-refractivity contribution in [2.24, 2.45) is 4.99 Å². The van der Waals surface area contributed by atoms with E-state index >= 15 is 0 Å². The van der Waals surface area contributed by atoms with Gasteiger partial charge in [0.05, 0.1) is 6.54 Å². The quantitative estimate of drug-likeness (QED) is 0.364. The third-order valence-electron chi connectivity index (χ3n) is 1.10. The van der Waals surface area contributed by atoms with Gasteiger partial charge >= 0.3 is 0 Å². The summed E-state index contributed by atoms with van der Waals surface area (Å²) in [6.07, 6.45) is 4.65. The summed E-state index contributed by atoms with van der Waals surface area (Å²) in [7, 11) is 0. The predicted octanol–water partition coefficient (Wildman–Crippen LogP) is 2.56. The molecule has 78 valence electrons. The fourth-order valence-corrected chi connectivity index (χ4v) is 0.548. The molecule has 0 unspecified atom stereocenters. The summed E-state index contributed by atoms with van der Waals surface area (Å²) in [4.78, 5) is 12.6. The van der Waals surface area contributed by atoms with E-state index in [1.165, 1.54) is 6.08 Å². The fourth-order valence-electron chi connectivity index (χ4n) is 0.548. The largest absolute Gasteiger partial charge is 0.381 e. The zero-order chi connectivity index (χ0) is 10.4. The van der Waals surface area contributed by atoms with Crippen molar-refractivity contribution in [1.29, 1.82) is 0 Å². The van der Waals surface area contributed by atoms with Crippen LogP contribution >= 0.6 is 0 Å². The van der Waals surface area contributed by atoms with E-state index in [2.05, 4.69) is 18.8 Å². The lowest BCUT2D eigenvalue weighted by Crippen LogP contribution is -1.92. The first-order valence-corrected chi connectivity index (χ1v) is 4.94. The lowest BCUT2D eigenvalue weighted by Gasteiger charge is -1.95. The molecule has 0 aromatic carbocycles. The molecule has 0 aromatic rings. The maximum atomic E-state index is 9.27. The molecular weight excluding hydrogens is 166 g/mol. The van der Waals surface area contributed by atoms with Crippen molar-refractivity contribution in [3.63, 3.8) is 0 Å². The molecule has 0 bridgehead atoms. The van der Waals surface area contributed by atoms with Gasteiger partial charge in [-0.05, 0) is 19.3 Å². The smallest absolute Gasteiger partial charge is 0.234 e. The van der Waals surface area contributed by atoms with Gasteiger partial charge in [0, 0.05) is 13.2 Å². The van der Waals surface area contributed by atoms with Crippen LogP contribution < -0.4 is 0 Å².